The number of fused-ring (bicyclic) bond motifs is 2. The molecule has 3 heterocycles. The van der Waals surface area contributed by atoms with Gasteiger partial charge in [-0.2, -0.15) is 0 Å². The Bertz CT molecular complexity index is 1380. The second-order valence-corrected chi connectivity index (χ2v) is 9.07. The quantitative estimate of drug-likeness (QED) is 0.457. The van der Waals surface area contributed by atoms with Crippen LogP contribution in [0, 0.1) is 18.6 Å². The average Bonchev–Trinajstić information content (AvgIpc) is 3.14. The molecule has 0 atom stereocenters. The second-order valence-electron chi connectivity index (χ2n) is 9.07. The molecule has 0 aliphatic heterocycles. The summed E-state index contributed by atoms with van der Waals surface area (Å²) in [4.78, 5) is 19.6. The number of halogens is 2. The number of hydrogen-bond donors (Lipinski definition) is 0. The lowest BCUT2D eigenvalue weighted by Crippen LogP contribution is -2.35. The molecule has 7 heteroatoms. The lowest BCUT2D eigenvalue weighted by Gasteiger charge is -2.33. The van der Waals surface area contributed by atoms with Crippen molar-refractivity contribution in [2.24, 2.45) is 0 Å². The lowest BCUT2D eigenvalue weighted by atomic mass is 9.90. The maximum absolute atomic E-state index is 15.2. The summed E-state index contributed by atoms with van der Waals surface area (Å²) in [5.41, 5.74) is 1.68. The molecule has 0 N–H and O–H groups in total. The van der Waals surface area contributed by atoms with Crippen LogP contribution in [-0.2, 0) is 0 Å². The van der Waals surface area contributed by atoms with Gasteiger partial charge in [0.2, 0.25) is 0 Å². The fourth-order valence-electron chi connectivity index (χ4n) is 4.99. The highest BCUT2D eigenvalue weighted by Crippen LogP contribution is 2.31. The molecule has 0 bridgehead atoms. The summed E-state index contributed by atoms with van der Waals surface area (Å²) in [6.45, 7) is 1.79. The van der Waals surface area contributed by atoms with E-state index in [9.17, 15) is 9.18 Å². The molecule has 1 fully saturated rings. The molecule has 0 unspecified atom stereocenters. The van der Waals surface area contributed by atoms with Crippen molar-refractivity contribution >= 4 is 16.4 Å². The van der Waals surface area contributed by atoms with Crippen LogP contribution >= 0.6 is 0 Å². The zero-order valence-corrected chi connectivity index (χ0v) is 18.5. The summed E-state index contributed by atoms with van der Waals surface area (Å²) < 4.78 is 33.0. The van der Waals surface area contributed by atoms with E-state index in [1.807, 2.05) is 0 Å². The first kappa shape index (κ1) is 20.8. The lowest BCUT2D eigenvalue weighted by molar-refractivity contribution is 0.194. The predicted molar refractivity (Wildman–Crippen MR) is 122 cm³/mol. The van der Waals surface area contributed by atoms with E-state index < -0.39 is 11.6 Å². The number of rotatable bonds is 3. The second kappa shape index (κ2) is 7.81. The van der Waals surface area contributed by atoms with Crippen molar-refractivity contribution in [2.75, 3.05) is 14.1 Å². The molecule has 0 radical (unpaired) electrons. The van der Waals surface area contributed by atoms with E-state index in [4.69, 9.17) is 0 Å². The highest BCUT2D eigenvalue weighted by Gasteiger charge is 2.25. The summed E-state index contributed by atoms with van der Waals surface area (Å²) in [6.07, 6.45) is 9.07. The molecule has 3 aromatic heterocycles. The van der Waals surface area contributed by atoms with Crippen molar-refractivity contribution in [2.45, 2.75) is 44.7 Å². The fraction of sp³-hybridized carbons (Fsp3) is 0.360. The zero-order chi connectivity index (χ0) is 22.6. The molecule has 1 saturated carbocycles. The Morgan fingerprint density at radius 2 is 1.72 bits per heavy atom. The zero-order valence-electron chi connectivity index (χ0n) is 18.5. The Morgan fingerprint density at radius 3 is 2.44 bits per heavy atom. The Balaban J connectivity index is 1.54. The molecule has 0 spiro atoms. The third-order valence-corrected chi connectivity index (χ3v) is 6.73. The van der Waals surface area contributed by atoms with E-state index in [-0.39, 0.29) is 22.6 Å². The van der Waals surface area contributed by atoms with Gasteiger partial charge in [-0.05, 0) is 81.9 Å². The van der Waals surface area contributed by atoms with Crippen molar-refractivity contribution in [3.8, 4) is 11.1 Å². The van der Waals surface area contributed by atoms with Crippen molar-refractivity contribution in [1.29, 1.82) is 0 Å². The number of benzene rings is 1. The summed E-state index contributed by atoms with van der Waals surface area (Å²) in [5.74, 6) is -1.05. The van der Waals surface area contributed by atoms with E-state index in [0.717, 1.165) is 25.7 Å². The monoisotopic (exact) mass is 436 g/mol. The summed E-state index contributed by atoms with van der Waals surface area (Å²) in [6, 6.07) is 6.82. The number of imidazole rings is 1. The Labute approximate surface area is 184 Å². The van der Waals surface area contributed by atoms with E-state index in [0.29, 0.717) is 28.2 Å². The molecule has 0 amide bonds. The van der Waals surface area contributed by atoms with Gasteiger partial charge in [0.15, 0.2) is 11.5 Å². The summed E-state index contributed by atoms with van der Waals surface area (Å²) in [5, 5.41) is 0.608. The topological polar surface area (TPSA) is 42.5 Å². The molecule has 1 aliphatic rings. The molecular weight excluding hydrogens is 410 g/mol. The highest BCUT2D eigenvalue weighted by molar-refractivity contribution is 5.87. The van der Waals surface area contributed by atoms with Crippen molar-refractivity contribution < 1.29 is 8.78 Å². The predicted octanol–water partition coefficient (Wildman–Crippen LogP) is 4.95. The SMILES string of the molecule is Cc1cn2cc(-c3cc(F)c4c(=O)n(C5CCC(N(C)C)CC5)ccc4c3)cc(F)c2n1. The Kier molecular flexibility index (Phi) is 5.08. The maximum atomic E-state index is 15.2. The standard InChI is InChI=1S/C25H26F2N4O/c1-15-13-30-14-18(12-22(27)24(30)28-15)17-10-16-8-9-31(25(32)23(16)21(26)11-17)20-6-4-19(5-7-20)29(2)3/h8-14,19-20H,4-7H2,1-3H3. The van der Waals surface area contributed by atoms with Gasteiger partial charge in [0.25, 0.3) is 5.56 Å². The van der Waals surface area contributed by atoms with Crippen LogP contribution in [0.15, 0.2) is 47.7 Å². The highest BCUT2D eigenvalue weighted by atomic mass is 19.1. The van der Waals surface area contributed by atoms with Crippen molar-refractivity contribution in [3.63, 3.8) is 0 Å². The van der Waals surface area contributed by atoms with Crippen LogP contribution < -0.4 is 5.56 Å². The van der Waals surface area contributed by atoms with Crippen LogP contribution in [-0.4, -0.2) is 39.0 Å². The average molecular weight is 437 g/mol. The number of pyridine rings is 2. The van der Waals surface area contributed by atoms with Crippen LogP contribution in [0.1, 0.15) is 37.4 Å². The molecule has 32 heavy (non-hydrogen) atoms. The van der Waals surface area contributed by atoms with Crippen LogP contribution in [0.3, 0.4) is 0 Å². The number of aryl methyl sites for hydroxylation is 1. The minimum atomic E-state index is -0.582. The van der Waals surface area contributed by atoms with Crippen molar-refractivity contribution in [1.82, 2.24) is 18.9 Å². The van der Waals surface area contributed by atoms with E-state index in [1.165, 1.54) is 12.1 Å². The van der Waals surface area contributed by atoms with Crippen LogP contribution in [0.5, 0.6) is 0 Å². The van der Waals surface area contributed by atoms with Crippen LogP contribution in [0.25, 0.3) is 27.5 Å². The van der Waals surface area contributed by atoms with Crippen LogP contribution in [0.4, 0.5) is 8.78 Å². The number of nitrogens with zero attached hydrogens (tertiary/aromatic N) is 4. The number of hydrogen-bond acceptors (Lipinski definition) is 3. The van der Waals surface area contributed by atoms with Gasteiger partial charge in [-0.25, -0.2) is 13.8 Å². The number of aromatic nitrogens is 3. The molecule has 0 saturated heterocycles. The Morgan fingerprint density at radius 1 is 1.00 bits per heavy atom. The molecule has 1 aliphatic carbocycles. The van der Waals surface area contributed by atoms with Gasteiger partial charge in [-0.15, -0.1) is 0 Å². The first-order valence-electron chi connectivity index (χ1n) is 11.0. The molecule has 5 nitrogen and oxygen atoms in total. The largest absolute Gasteiger partial charge is 0.312 e. The molecule has 1 aromatic carbocycles. The van der Waals surface area contributed by atoms with Gasteiger partial charge >= 0.3 is 0 Å². The summed E-state index contributed by atoms with van der Waals surface area (Å²) >= 11 is 0. The van der Waals surface area contributed by atoms with E-state index >= 15 is 4.39 Å². The maximum Gasteiger partial charge on any atom is 0.261 e. The minimum absolute atomic E-state index is 0.0863. The van der Waals surface area contributed by atoms with Crippen LogP contribution in [0.2, 0.25) is 0 Å². The molecular formula is C25H26F2N4O. The van der Waals surface area contributed by atoms with E-state index in [2.05, 4.69) is 24.0 Å². The first-order chi connectivity index (χ1) is 15.3. The van der Waals surface area contributed by atoms with Gasteiger partial charge in [-0.1, -0.05) is 0 Å². The molecule has 166 valence electrons. The fourth-order valence-corrected chi connectivity index (χ4v) is 4.99. The van der Waals surface area contributed by atoms with Gasteiger partial charge < -0.3 is 13.9 Å². The third kappa shape index (κ3) is 3.50. The summed E-state index contributed by atoms with van der Waals surface area (Å²) in [7, 11) is 4.16. The Hall–Kier alpha value is -3.06. The van der Waals surface area contributed by atoms with Gasteiger partial charge in [0.1, 0.15) is 5.82 Å². The van der Waals surface area contributed by atoms with Gasteiger partial charge in [0.05, 0.1) is 11.1 Å². The first-order valence-corrected chi connectivity index (χ1v) is 11.0. The van der Waals surface area contributed by atoms with Crippen molar-refractivity contribution in [3.05, 3.63) is 70.5 Å². The smallest absolute Gasteiger partial charge is 0.261 e. The van der Waals surface area contributed by atoms with Gasteiger partial charge in [0, 0.05) is 36.2 Å². The molecule has 5 rings (SSSR count). The normalized spacial score (nSPS) is 19.3. The molecule has 4 aromatic rings. The van der Waals surface area contributed by atoms with Gasteiger partial charge in [-0.3, -0.25) is 4.79 Å². The minimum Gasteiger partial charge on any atom is -0.312 e. The van der Waals surface area contributed by atoms with E-state index in [1.54, 1.807) is 46.6 Å². The third-order valence-electron chi connectivity index (χ3n) is 6.73.